The lowest BCUT2D eigenvalue weighted by Crippen LogP contribution is -2.72. The molecule has 0 radical (unpaired) electrons. The van der Waals surface area contributed by atoms with E-state index in [2.05, 4.69) is 15.5 Å². The van der Waals surface area contributed by atoms with Crippen molar-refractivity contribution in [3.63, 3.8) is 0 Å². The van der Waals surface area contributed by atoms with E-state index < -0.39 is 47.4 Å². The molecule has 0 bridgehead atoms. The molecule has 1 aromatic carbocycles. The summed E-state index contributed by atoms with van der Waals surface area (Å²) in [6.45, 7) is 3.88. The number of hydrogen-bond donors (Lipinski definition) is 1. The highest BCUT2D eigenvalue weighted by Gasteiger charge is 2.62. The van der Waals surface area contributed by atoms with Gasteiger partial charge in [-0.05, 0) is 31.9 Å². The topological polar surface area (TPSA) is 120 Å². The summed E-state index contributed by atoms with van der Waals surface area (Å²) in [7, 11) is 1.79. The van der Waals surface area contributed by atoms with Crippen molar-refractivity contribution >= 4 is 34.3 Å². The summed E-state index contributed by atoms with van der Waals surface area (Å²) in [5.74, 6) is -1.90. The van der Waals surface area contributed by atoms with Gasteiger partial charge in [0.25, 0.3) is 0 Å². The number of imide groups is 1. The van der Waals surface area contributed by atoms with E-state index in [0.717, 1.165) is 0 Å². The quantitative estimate of drug-likeness (QED) is 0.423. The Balaban J connectivity index is 1.61. The minimum atomic E-state index is -1.58. The molecule has 34 heavy (non-hydrogen) atoms. The van der Waals surface area contributed by atoms with E-state index in [9.17, 15) is 14.4 Å². The first kappa shape index (κ1) is 21.0. The molecule has 0 saturated carbocycles. The Kier molecular flexibility index (Phi) is 4.29. The first-order chi connectivity index (χ1) is 16.2. The third-order valence-electron chi connectivity index (χ3n) is 7.21. The molecule has 3 aliphatic rings. The van der Waals surface area contributed by atoms with Crippen LogP contribution in [0.15, 0.2) is 23.0 Å². The maximum Gasteiger partial charge on any atom is 0.242 e. The minimum absolute atomic E-state index is 0.0205. The molecule has 10 nitrogen and oxygen atoms in total. The van der Waals surface area contributed by atoms with Crippen molar-refractivity contribution < 1.29 is 28.0 Å². The number of Topliss-reactive ketones (excluding diaryl/α,β-unsaturated/α-hetero) is 1. The zero-order valence-electron chi connectivity index (χ0n) is 18.8. The average Bonchev–Trinajstić information content (AvgIpc) is 3.37. The molecule has 0 aliphatic carbocycles. The molecule has 2 fully saturated rings. The van der Waals surface area contributed by atoms with Crippen LogP contribution in [0.3, 0.4) is 0 Å². The number of ether oxygens (including phenoxy) is 1. The fraction of sp³-hybridized carbons (Fsp3) is 0.435. The number of anilines is 1. The zero-order chi connectivity index (χ0) is 23.9. The van der Waals surface area contributed by atoms with Gasteiger partial charge in [0.05, 0.1) is 35.7 Å². The lowest BCUT2D eigenvalue weighted by atomic mass is 9.63. The number of fused-ring (bicyclic) bond motifs is 5. The van der Waals surface area contributed by atoms with Gasteiger partial charge in [-0.25, -0.2) is 9.37 Å². The molecule has 3 aromatic rings. The van der Waals surface area contributed by atoms with Gasteiger partial charge in [0.2, 0.25) is 17.4 Å². The van der Waals surface area contributed by atoms with Gasteiger partial charge in [0, 0.05) is 26.0 Å². The van der Waals surface area contributed by atoms with Gasteiger partial charge in [0.1, 0.15) is 5.41 Å². The van der Waals surface area contributed by atoms with E-state index in [1.807, 2.05) is 6.92 Å². The number of halogens is 1. The number of morpholine rings is 1. The number of hydrogen-bond acceptors (Lipinski definition) is 8. The Morgan fingerprint density at radius 2 is 2.06 bits per heavy atom. The smallest absolute Gasteiger partial charge is 0.242 e. The molecule has 1 unspecified atom stereocenters. The van der Waals surface area contributed by atoms with Crippen LogP contribution in [0.2, 0.25) is 0 Å². The first-order valence-electron chi connectivity index (χ1n) is 11.1. The van der Waals surface area contributed by atoms with Crippen LogP contribution in [0.25, 0.3) is 22.5 Å². The Bertz CT molecular complexity index is 1370. The van der Waals surface area contributed by atoms with Gasteiger partial charge < -0.3 is 18.7 Å². The number of amides is 2. The third kappa shape index (κ3) is 2.61. The Labute approximate surface area is 193 Å². The number of piperidine rings is 1. The zero-order valence-corrected chi connectivity index (χ0v) is 18.8. The van der Waals surface area contributed by atoms with Gasteiger partial charge in [-0.2, -0.15) is 0 Å². The Morgan fingerprint density at radius 3 is 2.76 bits per heavy atom. The lowest BCUT2D eigenvalue weighted by molar-refractivity contribution is -0.158. The monoisotopic (exact) mass is 467 g/mol. The number of aryl methyl sites for hydroxylation is 1. The van der Waals surface area contributed by atoms with Gasteiger partial charge in [-0.1, -0.05) is 5.16 Å². The summed E-state index contributed by atoms with van der Waals surface area (Å²) in [5.41, 5.74) is -0.503. The van der Waals surface area contributed by atoms with E-state index in [1.165, 1.54) is 0 Å². The fourth-order valence-corrected chi connectivity index (χ4v) is 5.90. The summed E-state index contributed by atoms with van der Waals surface area (Å²) in [5, 5.41) is 6.81. The van der Waals surface area contributed by atoms with Crippen LogP contribution in [0, 0.1) is 11.2 Å². The van der Waals surface area contributed by atoms with Gasteiger partial charge >= 0.3 is 0 Å². The van der Waals surface area contributed by atoms with Crippen LogP contribution >= 0.6 is 0 Å². The van der Waals surface area contributed by atoms with E-state index in [-0.39, 0.29) is 30.3 Å². The number of nitrogens with zero attached hydrogens (tertiary/aromatic N) is 4. The largest absolute Gasteiger partial charge is 0.372 e. The van der Waals surface area contributed by atoms with Crippen molar-refractivity contribution in [3.05, 3.63) is 29.8 Å². The second-order valence-corrected chi connectivity index (χ2v) is 9.34. The van der Waals surface area contributed by atoms with Crippen molar-refractivity contribution in [2.24, 2.45) is 12.5 Å². The van der Waals surface area contributed by atoms with Crippen molar-refractivity contribution in [2.45, 2.75) is 44.9 Å². The summed E-state index contributed by atoms with van der Waals surface area (Å²) in [4.78, 5) is 44.7. The van der Waals surface area contributed by atoms with Crippen LogP contribution in [0.5, 0.6) is 0 Å². The highest BCUT2D eigenvalue weighted by molar-refractivity contribution is 6.22. The predicted octanol–water partition coefficient (Wildman–Crippen LogP) is 1.51. The van der Waals surface area contributed by atoms with E-state index >= 15 is 4.39 Å². The SMILES string of the molecule is C[C@@H]1CN2c3c(cc4c(-c5nccn5C)noc4c3F)CC3(C(=O)CC(=O)NC3=O)[C@H]2[C@H](C)O1. The van der Waals surface area contributed by atoms with Gasteiger partial charge in [-0.3, -0.25) is 19.7 Å². The normalized spacial score (nSPS) is 28.9. The second kappa shape index (κ2) is 6.95. The molecule has 6 rings (SSSR count). The molecule has 2 amide bonds. The number of rotatable bonds is 1. The fourth-order valence-electron chi connectivity index (χ4n) is 5.90. The van der Waals surface area contributed by atoms with E-state index in [0.29, 0.717) is 22.5 Å². The van der Waals surface area contributed by atoms with Crippen LogP contribution in [-0.4, -0.2) is 57.1 Å². The standard InChI is InChI=1S/C23H22FN5O5/c1-10-9-29-18-12(6-13-17(21-25-4-5-28(21)3)27-34-19(13)16(18)24)8-23(20(29)11(2)33-10)14(30)7-15(31)26-22(23)32/h4-6,10-11,20H,7-9H2,1-3H3,(H,26,31,32)/t10-,11+,20-,23?/m1/s1. The highest BCUT2D eigenvalue weighted by Crippen LogP contribution is 2.50. The second-order valence-electron chi connectivity index (χ2n) is 9.34. The molecule has 5 heterocycles. The van der Waals surface area contributed by atoms with E-state index in [4.69, 9.17) is 9.26 Å². The summed E-state index contributed by atoms with van der Waals surface area (Å²) in [6.07, 6.45) is 2.02. The molecule has 2 saturated heterocycles. The molecule has 11 heteroatoms. The Morgan fingerprint density at radius 1 is 1.26 bits per heavy atom. The summed E-state index contributed by atoms with van der Waals surface area (Å²) in [6, 6.07) is 0.939. The van der Waals surface area contributed by atoms with Crippen LogP contribution < -0.4 is 10.2 Å². The molecule has 3 aliphatic heterocycles. The summed E-state index contributed by atoms with van der Waals surface area (Å²) < 4.78 is 29.2. The highest BCUT2D eigenvalue weighted by atomic mass is 19.1. The van der Waals surface area contributed by atoms with Gasteiger partial charge in [-0.15, -0.1) is 0 Å². The number of carbonyl (C=O) groups excluding carboxylic acids is 3. The van der Waals surface area contributed by atoms with Crippen LogP contribution in [-0.2, 0) is 32.6 Å². The van der Waals surface area contributed by atoms with Crippen molar-refractivity contribution in [1.29, 1.82) is 0 Å². The number of carbonyl (C=O) groups is 3. The molecule has 176 valence electrons. The maximum absolute atomic E-state index is 16.1. The average molecular weight is 467 g/mol. The van der Waals surface area contributed by atoms with Gasteiger partial charge in [0.15, 0.2) is 23.1 Å². The van der Waals surface area contributed by atoms with Crippen LogP contribution in [0.1, 0.15) is 25.8 Å². The van der Waals surface area contributed by atoms with Crippen molar-refractivity contribution in [1.82, 2.24) is 20.0 Å². The molecular formula is C23H22FN5O5. The van der Waals surface area contributed by atoms with Crippen LogP contribution in [0.4, 0.5) is 10.1 Å². The molecule has 4 atom stereocenters. The number of ketones is 1. The number of nitrogens with one attached hydrogen (secondary N) is 1. The minimum Gasteiger partial charge on any atom is -0.372 e. The van der Waals surface area contributed by atoms with Crippen molar-refractivity contribution in [2.75, 3.05) is 11.4 Å². The summed E-state index contributed by atoms with van der Waals surface area (Å²) >= 11 is 0. The molecule has 1 N–H and O–H groups in total. The molecule has 2 aromatic heterocycles. The molecular weight excluding hydrogens is 445 g/mol. The first-order valence-corrected chi connectivity index (χ1v) is 11.1. The lowest BCUT2D eigenvalue weighted by Gasteiger charge is -2.55. The number of imidazole rings is 1. The predicted molar refractivity (Wildman–Crippen MR) is 116 cm³/mol. The Hall–Kier alpha value is -3.60. The maximum atomic E-state index is 16.1. The molecule has 1 spiro atoms. The van der Waals surface area contributed by atoms with E-state index in [1.54, 1.807) is 41.9 Å². The third-order valence-corrected chi connectivity index (χ3v) is 7.21. The number of benzene rings is 1. The van der Waals surface area contributed by atoms with Crippen molar-refractivity contribution in [3.8, 4) is 11.5 Å². The number of aromatic nitrogens is 3.